The van der Waals surface area contributed by atoms with Crippen LogP contribution in [0.3, 0.4) is 0 Å². The van der Waals surface area contributed by atoms with E-state index in [2.05, 4.69) is 11.4 Å². The van der Waals surface area contributed by atoms with Gasteiger partial charge in [-0.05, 0) is 17.7 Å². The number of ketones is 1. The van der Waals surface area contributed by atoms with Gasteiger partial charge in [0.15, 0.2) is 0 Å². The number of nitrogens with zero attached hydrogens (tertiary/aromatic N) is 1. The van der Waals surface area contributed by atoms with Crippen LogP contribution in [0.15, 0.2) is 71.9 Å². The monoisotopic (exact) mass is 272 g/mol. The molecule has 100 valence electrons. The van der Waals surface area contributed by atoms with Crippen LogP contribution in [-0.2, 0) is 0 Å². The van der Waals surface area contributed by atoms with Crippen LogP contribution >= 0.6 is 0 Å². The number of para-hydroxylation sites is 1. The van der Waals surface area contributed by atoms with Crippen LogP contribution in [0.1, 0.15) is 15.9 Å². The molecule has 0 spiro atoms. The standard InChI is InChI=1S/C18H12N2O/c19-12-15-11-10-13-6-4-5-9-16(13)20-17(15)18(21)14-7-2-1-3-8-14/h1-11,20H. The van der Waals surface area contributed by atoms with Crippen molar-refractivity contribution >= 4 is 17.5 Å². The summed E-state index contributed by atoms with van der Waals surface area (Å²) < 4.78 is 0. The molecule has 3 heteroatoms. The molecule has 3 rings (SSSR count). The second-order valence-corrected chi connectivity index (χ2v) is 4.64. The number of benzene rings is 2. The summed E-state index contributed by atoms with van der Waals surface area (Å²) in [5.74, 6) is -0.187. The lowest BCUT2D eigenvalue weighted by Crippen LogP contribution is -2.13. The zero-order chi connectivity index (χ0) is 14.7. The van der Waals surface area contributed by atoms with Gasteiger partial charge >= 0.3 is 0 Å². The first-order valence-corrected chi connectivity index (χ1v) is 6.58. The number of anilines is 1. The normalized spacial score (nSPS) is 12.9. The Kier molecular flexibility index (Phi) is 3.36. The summed E-state index contributed by atoms with van der Waals surface area (Å²) in [6, 6.07) is 18.7. The van der Waals surface area contributed by atoms with E-state index in [1.54, 1.807) is 30.3 Å². The van der Waals surface area contributed by atoms with Gasteiger partial charge in [-0.25, -0.2) is 0 Å². The maximum atomic E-state index is 12.6. The van der Waals surface area contributed by atoms with E-state index < -0.39 is 0 Å². The molecular weight excluding hydrogens is 260 g/mol. The van der Waals surface area contributed by atoms with Gasteiger partial charge in [0, 0.05) is 11.3 Å². The minimum absolute atomic E-state index is 0.187. The summed E-state index contributed by atoms with van der Waals surface area (Å²) in [6.45, 7) is 0. The maximum Gasteiger partial charge on any atom is 0.210 e. The number of allylic oxidation sites excluding steroid dienone is 3. The second kappa shape index (κ2) is 5.48. The van der Waals surface area contributed by atoms with Crippen molar-refractivity contribution in [2.24, 2.45) is 0 Å². The molecule has 1 heterocycles. The Bertz CT molecular complexity index is 795. The van der Waals surface area contributed by atoms with Crippen LogP contribution in [0, 0.1) is 11.3 Å². The molecule has 0 unspecified atom stereocenters. The van der Waals surface area contributed by atoms with Crippen molar-refractivity contribution in [1.82, 2.24) is 0 Å². The van der Waals surface area contributed by atoms with E-state index in [9.17, 15) is 10.1 Å². The number of carbonyl (C=O) groups is 1. The number of rotatable bonds is 2. The number of hydrogen-bond acceptors (Lipinski definition) is 3. The van der Waals surface area contributed by atoms with E-state index in [-0.39, 0.29) is 5.78 Å². The molecule has 1 N–H and O–H groups in total. The zero-order valence-electron chi connectivity index (χ0n) is 11.2. The van der Waals surface area contributed by atoms with Crippen molar-refractivity contribution in [1.29, 1.82) is 5.26 Å². The van der Waals surface area contributed by atoms with Crippen LogP contribution in [0.4, 0.5) is 5.69 Å². The van der Waals surface area contributed by atoms with E-state index in [0.717, 1.165) is 11.3 Å². The van der Waals surface area contributed by atoms with E-state index in [0.29, 0.717) is 16.8 Å². The van der Waals surface area contributed by atoms with Gasteiger partial charge < -0.3 is 5.32 Å². The topological polar surface area (TPSA) is 52.9 Å². The Labute approximate surface area is 122 Å². The fourth-order valence-corrected chi connectivity index (χ4v) is 2.22. The lowest BCUT2D eigenvalue weighted by Gasteiger charge is -2.11. The number of hydrogen-bond donors (Lipinski definition) is 1. The molecule has 0 saturated carbocycles. The van der Waals surface area contributed by atoms with Crippen molar-refractivity contribution in [3.63, 3.8) is 0 Å². The number of Topliss-reactive ketones (excluding diaryl/α,β-unsaturated/α-hetero) is 1. The molecule has 0 radical (unpaired) electrons. The van der Waals surface area contributed by atoms with Crippen LogP contribution in [-0.4, -0.2) is 5.78 Å². The predicted molar refractivity (Wildman–Crippen MR) is 82.5 cm³/mol. The van der Waals surface area contributed by atoms with Gasteiger partial charge in [0.2, 0.25) is 5.78 Å². The lowest BCUT2D eigenvalue weighted by atomic mass is 10.0. The molecule has 0 aromatic heterocycles. The first-order valence-electron chi connectivity index (χ1n) is 6.58. The molecule has 0 amide bonds. The molecule has 21 heavy (non-hydrogen) atoms. The second-order valence-electron chi connectivity index (χ2n) is 4.64. The van der Waals surface area contributed by atoms with E-state index >= 15 is 0 Å². The van der Waals surface area contributed by atoms with Gasteiger partial charge in [-0.15, -0.1) is 0 Å². The van der Waals surface area contributed by atoms with Crippen LogP contribution < -0.4 is 5.32 Å². The largest absolute Gasteiger partial charge is 0.351 e. The van der Waals surface area contributed by atoms with Gasteiger partial charge in [-0.3, -0.25) is 4.79 Å². The summed E-state index contributed by atoms with van der Waals surface area (Å²) in [5.41, 5.74) is 2.96. The van der Waals surface area contributed by atoms with E-state index in [4.69, 9.17) is 0 Å². The Morgan fingerprint density at radius 2 is 1.67 bits per heavy atom. The maximum absolute atomic E-state index is 12.6. The highest BCUT2D eigenvalue weighted by atomic mass is 16.1. The third-order valence-corrected chi connectivity index (χ3v) is 3.30. The fourth-order valence-electron chi connectivity index (χ4n) is 2.22. The highest BCUT2D eigenvalue weighted by molar-refractivity contribution is 6.12. The molecule has 2 aromatic rings. The van der Waals surface area contributed by atoms with Crippen molar-refractivity contribution in [2.45, 2.75) is 0 Å². The highest BCUT2D eigenvalue weighted by Crippen LogP contribution is 2.25. The van der Waals surface area contributed by atoms with Crippen molar-refractivity contribution in [2.75, 3.05) is 5.32 Å². The minimum Gasteiger partial charge on any atom is -0.351 e. The average Bonchev–Trinajstić information content (AvgIpc) is 2.74. The Hall–Kier alpha value is -3.12. The Morgan fingerprint density at radius 3 is 2.43 bits per heavy atom. The summed E-state index contributed by atoms with van der Waals surface area (Å²) in [5, 5.41) is 12.4. The summed E-state index contributed by atoms with van der Waals surface area (Å²) in [4.78, 5) is 12.6. The summed E-state index contributed by atoms with van der Waals surface area (Å²) >= 11 is 0. The summed E-state index contributed by atoms with van der Waals surface area (Å²) in [6.07, 6.45) is 3.52. The van der Waals surface area contributed by atoms with Gasteiger partial charge in [0.1, 0.15) is 11.8 Å². The molecule has 1 aliphatic rings. The molecule has 0 fully saturated rings. The van der Waals surface area contributed by atoms with Gasteiger partial charge in [-0.1, -0.05) is 54.6 Å². The van der Waals surface area contributed by atoms with Crippen LogP contribution in [0.2, 0.25) is 0 Å². The van der Waals surface area contributed by atoms with Crippen LogP contribution in [0.5, 0.6) is 0 Å². The quantitative estimate of drug-likeness (QED) is 0.846. The Balaban J connectivity index is 2.08. The highest BCUT2D eigenvalue weighted by Gasteiger charge is 2.19. The number of nitriles is 1. The molecule has 0 atom stereocenters. The number of nitrogens with one attached hydrogen (secondary N) is 1. The first kappa shape index (κ1) is 12.9. The zero-order valence-corrected chi connectivity index (χ0v) is 11.2. The predicted octanol–water partition coefficient (Wildman–Crippen LogP) is 3.79. The molecule has 0 saturated heterocycles. The lowest BCUT2D eigenvalue weighted by molar-refractivity contribution is 0.103. The van der Waals surface area contributed by atoms with E-state index in [1.165, 1.54) is 0 Å². The number of fused-ring (bicyclic) bond motifs is 1. The van der Waals surface area contributed by atoms with Crippen LogP contribution in [0.25, 0.3) is 6.08 Å². The van der Waals surface area contributed by atoms with E-state index in [1.807, 2.05) is 36.4 Å². The molecular formula is C18H12N2O. The molecule has 1 aliphatic heterocycles. The van der Waals surface area contributed by atoms with Crippen molar-refractivity contribution < 1.29 is 4.79 Å². The molecule has 0 bridgehead atoms. The van der Waals surface area contributed by atoms with Crippen molar-refractivity contribution in [3.8, 4) is 6.07 Å². The number of carbonyl (C=O) groups excluding carboxylic acids is 1. The average molecular weight is 272 g/mol. The molecule has 2 aromatic carbocycles. The summed E-state index contributed by atoms with van der Waals surface area (Å²) in [7, 11) is 0. The Morgan fingerprint density at radius 1 is 0.952 bits per heavy atom. The van der Waals surface area contributed by atoms with Crippen molar-refractivity contribution in [3.05, 3.63) is 83.1 Å². The minimum atomic E-state index is -0.187. The SMILES string of the molecule is N#CC1=C(C(=O)c2ccccc2)Nc2ccccc2C=C1. The van der Waals surface area contributed by atoms with Gasteiger partial charge in [0.05, 0.1) is 5.57 Å². The third-order valence-electron chi connectivity index (χ3n) is 3.30. The van der Waals surface area contributed by atoms with Gasteiger partial charge in [0.25, 0.3) is 0 Å². The first-order chi connectivity index (χ1) is 10.3. The third kappa shape index (κ3) is 2.47. The van der Waals surface area contributed by atoms with Gasteiger partial charge in [-0.2, -0.15) is 5.26 Å². The smallest absolute Gasteiger partial charge is 0.210 e. The fraction of sp³-hybridized carbons (Fsp3) is 0. The molecule has 3 nitrogen and oxygen atoms in total. The molecule has 0 aliphatic carbocycles.